The van der Waals surface area contributed by atoms with Gasteiger partial charge in [-0.15, -0.1) is 0 Å². The van der Waals surface area contributed by atoms with Gasteiger partial charge in [0.15, 0.2) is 0 Å². The Morgan fingerprint density at radius 3 is 2.48 bits per heavy atom. The molecule has 2 aliphatic rings. The van der Waals surface area contributed by atoms with Crippen LogP contribution >= 0.6 is 0 Å². The van der Waals surface area contributed by atoms with Gasteiger partial charge in [-0.1, -0.05) is 55.3 Å². The monoisotopic (exact) mass is 393 g/mol. The van der Waals surface area contributed by atoms with E-state index in [4.69, 9.17) is 0 Å². The zero-order valence-corrected chi connectivity index (χ0v) is 16.3. The molecule has 2 aromatic rings. The third-order valence-electron chi connectivity index (χ3n) is 5.74. The lowest BCUT2D eigenvalue weighted by molar-refractivity contribution is -0.144. The van der Waals surface area contributed by atoms with Crippen LogP contribution in [0.2, 0.25) is 0 Å². The highest BCUT2D eigenvalue weighted by Crippen LogP contribution is 2.28. The van der Waals surface area contributed by atoms with Crippen LogP contribution in [0.5, 0.6) is 0 Å². The highest BCUT2D eigenvalue weighted by Gasteiger charge is 2.48. The average Bonchev–Trinajstić information content (AvgIpc) is 3.31. The minimum atomic E-state index is -0.921. The molecule has 2 fully saturated rings. The van der Waals surface area contributed by atoms with Crippen LogP contribution in [0.1, 0.15) is 44.2 Å². The number of fused-ring (bicyclic) bond motifs is 1. The highest BCUT2D eigenvalue weighted by molar-refractivity contribution is 6.45. The number of rotatable bonds is 5. The van der Waals surface area contributed by atoms with Gasteiger partial charge in [-0.25, -0.2) is 9.69 Å². The maximum Gasteiger partial charge on any atom is 0.334 e. The van der Waals surface area contributed by atoms with Gasteiger partial charge in [0.25, 0.3) is 0 Å². The van der Waals surface area contributed by atoms with Crippen LogP contribution < -0.4 is 5.32 Å². The predicted octanol–water partition coefficient (Wildman–Crippen LogP) is 2.75. The quantitative estimate of drug-likeness (QED) is 0.625. The van der Waals surface area contributed by atoms with Crippen LogP contribution in [0.4, 0.5) is 4.79 Å². The van der Waals surface area contributed by atoms with Crippen LogP contribution in [-0.2, 0) is 14.4 Å². The van der Waals surface area contributed by atoms with Crippen LogP contribution in [0.3, 0.4) is 0 Å². The number of amides is 5. The van der Waals surface area contributed by atoms with Crippen LogP contribution in [0.25, 0.3) is 10.8 Å². The Morgan fingerprint density at radius 2 is 1.72 bits per heavy atom. The normalized spacial score (nSPS) is 18.7. The Morgan fingerprint density at radius 1 is 1.03 bits per heavy atom. The van der Waals surface area contributed by atoms with Crippen LogP contribution in [-0.4, -0.2) is 46.1 Å². The number of benzene rings is 2. The molecule has 0 bridgehead atoms. The summed E-state index contributed by atoms with van der Waals surface area (Å²) in [5.41, 5.74) is 0.944. The molecule has 0 unspecified atom stereocenters. The molecule has 1 N–H and O–H groups in total. The van der Waals surface area contributed by atoms with Gasteiger partial charge < -0.3 is 5.32 Å². The number of nitrogens with zero attached hydrogens (tertiary/aromatic N) is 2. The fourth-order valence-electron chi connectivity index (χ4n) is 4.28. The minimum Gasteiger partial charge on any atom is -0.348 e. The molecule has 29 heavy (non-hydrogen) atoms. The SMILES string of the molecule is C[C@@H](NC(=O)CN1C(=O)C(=O)N(C2CCCC2)C1=O)c1cccc2ccccc12. The van der Waals surface area contributed by atoms with Gasteiger partial charge in [-0.3, -0.25) is 19.3 Å². The lowest BCUT2D eigenvalue weighted by Gasteiger charge is -2.21. The number of imide groups is 2. The van der Waals surface area contributed by atoms with E-state index in [9.17, 15) is 19.2 Å². The summed E-state index contributed by atoms with van der Waals surface area (Å²) in [7, 11) is 0. The Hall–Kier alpha value is -3.22. The molecule has 0 spiro atoms. The first kappa shape index (κ1) is 19.1. The van der Waals surface area contributed by atoms with Crippen molar-refractivity contribution in [1.29, 1.82) is 0 Å². The van der Waals surface area contributed by atoms with E-state index in [1.54, 1.807) is 0 Å². The maximum absolute atomic E-state index is 12.6. The van der Waals surface area contributed by atoms with Crippen molar-refractivity contribution in [2.24, 2.45) is 0 Å². The molecule has 1 aliphatic heterocycles. The Kier molecular flexibility index (Phi) is 5.05. The summed E-state index contributed by atoms with van der Waals surface area (Å²) in [6.45, 7) is 1.39. The first-order chi connectivity index (χ1) is 14.0. The third-order valence-corrected chi connectivity index (χ3v) is 5.74. The van der Waals surface area contributed by atoms with Gasteiger partial charge in [-0.2, -0.15) is 0 Å². The molecule has 0 aromatic heterocycles. The maximum atomic E-state index is 12.6. The molecule has 5 amide bonds. The fraction of sp³-hybridized carbons (Fsp3) is 0.364. The Balaban J connectivity index is 1.46. The second-order valence-corrected chi connectivity index (χ2v) is 7.64. The Labute approximate surface area is 168 Å². The van der Waals surface area contributed by atoms with E-state index in [-0.39, 0.29) is 12.1 Å². The van der Waals surface area contributed by atoms with Gasteiger partial charge in [0.05, 0.1) is 6.04 Å². The van der Waals surface area contributed by atoms with Gasteiger partial charge >= 0.3 is 17.8 Å². The first-order valence-corrected chi connectivity index (χ1v) is 9.93. The van der Waals surface area contributed by atoms with Crippen molar-refractivity contribution < 1.29 is 19.2 Å². The molecule has 2 aromatic carbocycles. The van der Waals surface area contributed by atoms with Crippen molar-refractivity contribution in [3.63, 3.8) is 0 Å². The molecular weight excluding hydrogens is 370 g/mol. The lowest BCUT2D eigenvalue weighted by atomic mass is 10.00. The van der Waals surface area contributed by atoms with Crippen LogP contribution in [0, 0.1) is 0 Å². The minimum absolute atomic E-state index is 0.235. The van der Waals surface area contributed by atoms with Crippen molar-refractivity contribution in [1.82, 2.24) is 15.1 Å². The number of hydrogen-bond donors (Lipinski definition) is 1. The second-order valence-electron chi connectivity index (χ2n) is 7.64. The van der Waals surface area contributed by atoms with E-state index in [2.05, 4.69) is 5.32 Å². The van der Waals surface area contributed by atoms with E-state index in [1.807, 2.05) is 49.4 Å². The molecule has 1 heterocycles. The number of hydrogen-bond acceptors (Lipinski definition) is 4. The van der Waals surface area contributed by atoms with E-state index in [1.165, 1.54) is 0 Å². The van der Waals surface area contributed by atoms with Gasteiger partial charge in [0, 0.05) is 6.04 Å². The summed E-state index contributed by atoms with van der Waals surface area (Å²) < 4.78 is 0. The van der Waals surface area contributed by atoms with Crippen molar-refractivity contribution in [3.8, 4) is 0 Å². The summed E-state index contributed by atoms with van der Waals surface area (Å²) >= 11 is 0. The van der Waals surface area contributed by atoms with Gasteiger partial charge in [-0.05, 0) is 36.1 Å². The van der Waals surface area contributed by atoms with E-state index >= 15 is 0 Å². The largest absolute Gasteiger partial charge is 0.348 e. The average molecular weight is 393 g/mol. The smallest absolute Gasteiger partial charge is 0.334 e. The second kappa shape index (κ2) is 7.66. The molecule has 7 heteroatoms. The third kappa shape index (κ3) is 3.48. The fourth-order valence-corrected chi connectivity index (χ4v) is 4.28. The van der Waals surface area contributed by atoms with Gasteiger partial charge in [0.2, 0.25) is 5.91 Å². The van der Waals surface area contributed by atoms with Crippen molar-refractivity contribution in [2.75, 3.05) is 6.54 Å². The summed E-state index contributed by atoms with van der Waals surface area (Å²) in [5.74, 6) is -2.22. The number of urea groups is 1. The number of carbonyl (C=O) groups excluding carboxylic acids is 4. The lowest BCUT2D eigenvalue weighted by Crippen LogP contribution is -2.43. The predicted molar refractivity (Wildman–Crippen MR) is 107 cm³/mol. The van der Waals surface area contributed by atoms with Crippen molar-refractivity contribution >= 4 is 34.5 Å². The van der Waals surface area contributed by atoms with Crippen LogP contribution in [0.15, 0.2) is 42.5 Å². The van der Waals surface area contributed by atoms with E-state index < -0.39 is 30.3 Å². The molecule has 1 saturated carbocycles. The van der Waals surface area contributed by atoms with Crippen molar-refractivity contribution in [2.45, 2.75) is 44.7 Å². The van der Waals surface area contributed by atoms with E-state index in [0.717, 1.165) is 39.0 Å². The zero-order valence-electron chi connectivity index (χ0n) is 16.3. The van der Waals surface area contributed by atoms with Crippen molar-refractivity contribution in [3.05, 3.63) is 48.0 Å². The Bertz CT molecular complexity index is 991. The summed E-state index contributed by atoms with van der Waals surface area (Å²) in [6.07, 6.45) is 3.28. The summed E-state index contributed by atoms with van der Waals surface area (Å²) in [6, 6.07) is 12.5. The number of nitrogens with one attached hydrogen (secondary N) is 1. The zero-order chi connectivity index (χ0) is 20.5. The summed E-state index contributed by atoms with van der Waals surface area (Å²) in [5, 5.41) is 4.93. The molecular formula is C22H23N3O4. The standard InChI is InChI=1S/C22H23N3O4/c1-14(17-12-6-8-15-7-2-5-11-18(15)17)23-19(26)13-24-20(27)21(28)25(22(24)29)16-9-3-4-10-16/h2,5-8,11-12,14,16H,3-4,9-10,13H2,1H3,(H,23,26)/t14-/m1/s1. The molecule has 150 valence electrons. The first-order valence-electron chi connectivity index (χ1n) is 9.93. The molecule has 4 rings (SSSR count). The molecule has 1 atom stereocenters. The highest BCUT2D eigenvalue weighted by atomic mass is 16.2. The summed E-state index contributed by atoms with van der Waals surface area (Å²) in [4.78, 5) is 51.5. The van der Waals surface area contributed by atoms with Gasteiger partial charge in [0.1, 0.15) is 6.54 Å². The molecule has 0 radical (unpaired) electrons. The van der Waals surface area contributed by atoms with E-state index in [0.29, 0.717) is 12.8 Å². The topological polar surface area (TPSA) is 86.8 Å². The number of carbonyl (C=O) groups is 4. The molecule has 1 aliphatic carbocycles. The molecule has 1 saturated heterocycles. The molecule has 7 nitrogen and oxygen atoms in total.